The first-order valence-corrected chi connectivity index (χ1v) is 5.62. The molecule has 3 nitrogen and oxygen atoms in total. The van der Waals surface area contributed by atoms with E-state index in [0.717, 1.165) is 24.8 Å². The van der Waals surface area contributed by atoms with Crippen molar-refractivity contribution in [3.05, 3.63) is 28.8 Å². The minimum atomic E-state index is -0.802. The molecule has 1 aromatic carbocycles. The minimum absolute atomic E-state index is 0.109. The Hall–Kier alpha value is -1.22. The highest BCUT2D eigenvalue weighted by Gasteiger charge is 2.41. The molecule has 2 rings (SSSR count). The van der Waals surface area contributed by atoms with Crippen molar-refractivity contribution in [2.24, 2.45) is 0 Å². The number of rotatable bonds is 3. The topological polar surface area (TPSA) is 57.5 Å². The summed E-state index contributed by atoms with van der Waals surface area (Å²) in [4.78, 5) is 10.9. The SMILES string of the molecule is O=C(O)CC1(c2ccc(O)cc2Cl)CCC1. The molecule has 0 spiro atoms. The van der Waals surface area contributed by atoms with Gasteiger partial charge in [0.15, 0.2) is 0 Å². The molecule has 16 heavy (non-hydrogen) atoms. The Labute approximate surface area is 98.7 Å². The van der Waals surface area contributed by atoms with Crippen LogP contribution in [0.1, 0.15) is 31.2 Å². The Kier molecular flexibility index (Phi) is 2.80. The number of carboxylic acid groups (broad SMARTS) is 1. The summed E-state index contributed by atoms with van der Waals surface area (Å²) in [5.41, 5.74) is 0.525. The summed E-state index contributed by atoms with van der Waals surface area (Å²) in [5, 5.41) is 18.7. The molecule has 2 N–H and O–H groups in total. The Balaban J connectivity index is 2.36. The van der Waals surface area contributed by atoms with Crippen molar-refractivity contribution in [1.82, 2.24) is 0 Å². The Morgan fingerprint density at radius 1 is 1.44 bits per heavy atom. The van der Waals surface area contributed by atoms with Crippen molar-refractivity contribution in [2.45, 2.75) is 31.1 Å². The van der Waals surface area contributed by atoms with Crippen LogP contribution in [0.3, 0.4) is 0 Å². The smallest absolute Gasteiger partial charge is 0.304 e. The number of hydrogen-bond acceptors (Lipinski definition) is 2. The lowest BCUT2D eigenvalue weighted by Crippen LogP contribution is -2.36. The summed E-state index contributed by atoms with van der Waals surface area (Å²) in [6.45, 7) is 0. The van der Waals surface area contributed by atoms with Crippen LogP contribution >= 0.6 is 11.6 Å². The summed E-state index contributed by atoms with van der Waals surface area (Å²) >= 11 is 6.06. The van der Waals surface area contributed by atoms with Crippen LogP contribution in [-0.2, 0) is 10.2 Å². The minimum Gasteiger partial charge on any atom is -0.508 e. The summed E-state index contributed by atoms with van der Waals surface area (Å²) in [6.07, 6.45) is 2.84. The summed E-state index contributed by atoms with van der Waals surface area (Å²) < 4.78 is 0. The lowest BCUT2D eigenvalue weighted by atomic mass is 9.62. The van der Waals surface area contributed by atoms with E-state index in [1.807, 2.05) is 0 Å². The van der Waals surface area contributed by atoms with Crippen LogP contribution in [0.15, 0.2) is 18.2 Å². The van der Waals surface area contributed by atoms with E-state index in [-0.39, 0.29) is 17.6 Å². The van der Waals surface area contributed by atoms with E-state index in [4.69, 9.17) is 16.7 Å². The lowest BCUT2D eigenvalue weighted by molar-refractivity contribution is -0.139. The molecule has 0 aromatic heterocycles. The maximum absolute atomic E-state index is 10.9. The molecular formula is C12H13ClO3. The van der Waals surface area contributed by atoms with E-state index >= 15 is 0 Å². The van der Waals surface area contributed by atoms with Crippen LogP contribution in [0.2, 0.25) is 5.02 Å². The van der Waals surface area contributed by atoms with Gasteiger partial charge >= 0.3 is 5.97 Å². The molecule has 1 saturated carbocycles. The molecule has 1 aliphatic carbocycles. The van der Waals surface area contributed by atoms with E-state index < -0.39 is 5.97 Å². The Morgan fingerprint density at radius 2 is 2.12 bits per heavy atom. The van der Waals surface area contributed by atoms with Gasteiger partial charge in [0.2, 0.25) is 0 Å². The molecule has 1 fully saturated rings. The predicted molar refractivity (Wildman–Crippen MR) is 60.9 cm³/mol. The van der Waals surface area contributed by atoms with Crippen LogP contribution in [0.25, 0.3) is 0 Å². The highest BCUT2D eigenvalue weighted by atomic mass is 35.5. The number of hydrogen-bond donors (Lipinski definition) is 2. The monoisotopic (exact) mass is 240 g/mol. The number of phenolic OH excluding ortho intramolecular Hbond substituents is 1. The molecule has 0 amide bonds. The van der Waals surface area contributed by atoms with E-state index in [1.165, 1.54) is 6.07 Å². The van der Waals surface area contributed by atoms with Crippen LogP contribution in [0.5, 0.6) is 5.75 Å². The van der Waals surface area contributed by atoms with Crippen molar-refractivity contribution < 1.29 is 15.0 Å². The van der Waals surface area contributed by atoms with Crippen molar-refractivity contribution in [3.8, 4) is 5.75 Å². The van der Waals surface area contributed by atoms with Crippen molar-refractivity contribution in [2.75, 3.05) is 0 Å². The van der Waals surface area contributed by atoms with Crippen LogP contribution in [0, 0.1) is 0 Å². The van der Waals surface area contributed by atoms with Gasteiger partial charge in [-0.2, -0.15) is 0 Å². The van der Waals surface area contributed by atoms with Crippen molar-refractivity contribution >= 4 is 17.6 Å². The Morgan fingerprint density at radius 3 is 2.56 bits per heavy atom. The molecule has 0 aliphatic heterocycles. The highest BCUT2D eigenvalue weighted by Crippen LogP contribution is 2.49. The third-order valence-corrected chi connectivity index (χ3v) is 3.64. The van der Waals surface area contributed by atoms with Gasteiger partial charge in [0, 0.05) is 10.4 Å². The molecule has 0 heterocycles. The fraction of sp³-hybridized carbons (Fsp3) is 0.417. The number of phenols is 1. The number of carbonyl (C=O) groups is 1. The molecule has 0 bridgehead atoms. The summed E-state index contributed by atoms with van der Waals surface area (Å²) in [5.74, 6) is -0.692. The normalized spacial score (nSPS) is 17.8. The zero-order valence-electron chi connectivity index (χ0n) is 8.74. The van der Waals surface area contributed by atoms with Crippen LogP contribution in [0.4, 0.5) is 0 Å². The molecule has 0 saturated heterocycles. The summed E-state index contributed by atoms with van der Waals surface area (Å²) in [7, 11) is 0. The van der Waals surface area contributed by atoms with Gasteiger partial charge < -0.3 is 10.2 Å². The zero-order chi connectivity index (χ0) is 11.8. The van der Waals surface area contributed by atoms with E-state index in [1.54, 1.807) is 12.1 Å². The first-order chi connectivity index (χ1) is 7.53. The van der Waals surface area contributed by atoms with Gasteiger partial charge in [-0.05, 0) is 30.5 Å². The standard InChI is InChI=1S/C12H13ClO3/c13-10-6-8(14)2-3-9(10)12(4-1-5-12)7-11(15)16/h2-3,6,14H,1,4-5,7H2,(H,15,16). The Bertz CT molecular complexity index is 424. The van der Waals surface area contributed by atoms with E-state index in [9.17, 15) is 9.90 Å². The van der Waals surface area contributed by atoms with E-state index in [2.05, 4.69) is 0 Å². The average Bonchev–Trinajstić information content (AvgIpc) is 2.12. The first-order valence-electron chi connectivity index (χ1n) is 5.24. The third-order valence-electron chi connectivity index (χ3n) is 3.32. The van der Waals surface area contributed by atoms with Crippen molar-refractivity contribution in [1.29, 1.82) is 0 Å². The molecule has 4 heteroatoms. The number of carboxylic acids is 1. The molecule has 1 aliphatic rings. The van der Waals surface area contributed by atoms with Gasteiger partial charge in [-0.25, -0.2) is 0 Å². The highest BCUT2D eigenvalue weighted by molar-refractivity contribution is 6.31. The fourth-order valence-corrected chi connectivity index (χ4v) is 2.74. The number of benzene rings is 1. The molecule has 0 radical (unpaired) electrons. The molecule has 86 valence electrons. The van der Waals surface area contributed by atoms with Crippen LogP contribution in [-0.4, -0.2) is 16.2 Å². The quantitative estimate of drug-likeness (QED) is 0.854. The third kappa shape index (κ3) is 1.87. The molecule has 1 aromatic rings. The van der Waals surface area contributed by atoms with Gasteiger partial charge in [0.25, 0.3) is 0 Å². The second kappa shape index (κ2) is 3.98. The fourth-order valence-electron chi connectivity index (χ4n) is 2.37. The van der Waals surface area contributed by atoms with Gasteiger partial charge in [-0.1, -0.05) is 24.1 Å². The van der Waals surface area contributed by atoms with Gasteiger partial charge in [-0.3, -0.25) is 4.79 Å². The number of halogens is 1. The largest absolute Gasteiger partial charge is 0.508 e. The van der Waals surface area contributed by atoms with Gasteiger partial charge in [0.1, 0.15) is 5.75 Å². The molecule has 0 unspecified atom stereocenters. The number of aromatic hydroxyl groups is 1. The number of aliphatic carboxylic acids is 1. The first kappa shape index (κ1) is 11.3. The maximum atomic E-state index is 10.9. The lowest BCUT2D eigenvalue weighted by Gasteiger charge is -2.41. The van der Waals surface area contributed by atoms with Crippen LogP contribution < -0.4 is 0 Å². The second-order valence-electron chi connectivity index (χ2n) is 4.37. The van der Waals surface area contributed by atoms with Crippen molar-refractivity contribution in [3.63, 3.8) is 0 Å². The van der Waals surface area contributed by atoms with Gasteiger partial charge in [-0.15, -0.1) is 0 Å². The van der Waals surface area contributed by atoms with E-state index in [0.29, 0.717) is 5.02 Å². The molecular weight excluding hydrogens is 228 g/mol. The zero-order valence-corrected chi connectivity index (χ0v) is 9.50. The molecule has 0 atom stereocenters. The predicted octanol–water partition coefficient (Wildman–Crippen LogP) is 2.94. The maximum Gasteiger partial charge on any atom is 0.304 e. The second-order valence-corrected chi connectivity index (χ2v) is 4.78. The van der Waals surface area contributed by atoms with Gasteiger partial charge in [0.05, 0.1) is 6.42 Å². The average molecular weight is 241 g/mol. The summed E-state index contributed by atoms with van der Waals surface area (Å²) in [6, 6.07) is 4.77.